The van der Waals surface area contributed by atoms with Gasteiger partial charge >= 0.3 is 0 Å². The van der Waals surface area contributed by atoms with Crippen molar-refractivity contribution in [2.45, 2.75) is 18.4 Å². The summed E-state index contributed by atoms with van der Waals surface area (Å²) in [6.07, 6.45) is 2.01. The third-order valence-electron chi connectivity index (χ3n) is 3.26. The van der Waals surface area contributed by atoms with Gasteiger partial charge in [-0.2, -0.15) is 0 Å². The number of ether oxygens (including phenoxy) is 1. The SMILES string of the molecule is Cc1ccc(Cl)c(COc2ccc(S(C)(=O)=O)cc2NS(C)(=O)=O)c1. The van der Waals surface area contributed by atoms with Crippen LogP contribution in [0.1, 0.15) is 11.1 Å². The van der Waals surface area contributed by atoms with E-state index in [2.05, 4.69) is 4.72 Å². The number of aryl methyl sites for hydroxylation is 1. The average Bonchev–Trinajstić information content (AvgIpc) is 2.46. The number of halogens is 1. The molecule has 9 heteroatoms. The van der Waals surface area contributed by atoms with Crippen LogP contribution in [0.4, 0.5) is 5.69 Å². The molecule has 0 radical (unpaired) electrons. The Kier molecular flexibility index (Phi) is 5.65. The molecule has 136 valence electrons. The van der Waals surface area contributed by atoms with Gasteiger partial charge in [-0.3, -0.25) is 4.72 Å². The van der Waals surface area contributed by atoms with Crippen molar-refractivity contribution in [2.75, 3.05) is 17.2 Å². The number of rotatable bonds is 6. The number of anilines is 1. The monoisotopic (exact) mass is 403 g/mol. The summed E-state index contributed by atoms with van der Waals surface area (Å²) in [5.74, 6) is 0.204. The number of hydrogen-bond acceptors (Lipinski definition) is 5. The topological polar surface area (TPSA) is 89.5 Å². The van der Waals surface area contributed by atoms with Crippen molar-refractivity contribution < 1.29 is 21.6 Å². The van der Waals surface area contributed by atoms with Crippen molar-refractivity contribution in [2.24, 2.45) is 0 Å². The normalized spacial score (nSPS) is 12.0. The molecule has 0 saturated heterocycles. The average molecular weight is 404 g/mol. The van der Waals surface area contributed by atoms with Crippen molar-refractivity contribution in [1.82, 2.24) is 0 Å². The zero-order valence-electron chi connectivity index (χ0n) is 13.9. The molecule has 0 aliphatic heterocycles. The molecule has 0 fully saturated rings. The van der Waals surface area contributed by atoms with Crippen LogP contribution < -0.4 is 9.46 Å². The Morgan fingerprint density at radius 1 is 1.04 bits per heavy atom. The molecule has 0 bridgehead atoms. The van der Waals surface area contributed by atoms with Gasteiger partial charge in [0.05, 0.1) is 16.8 Å². The standard InChI is InChI=1S/C16H18ClNO5S2/c1-11-4-6-14(17)12(8-11)10-23-16-7-5-13(24(2,19)20)9-15(16)18-25(3,21)22/h4-9,18H,10H2,1-3H3. The third kappa shape index (κ3) is 5.62. The van der Waals surface area contributed by atoms with Crippen LogP contribution in [0.3, 0.4) is 0 Å². The minimum atomic E-state index is -3.61. The molecule has 0 unspecified atom stereocenters. The summed E-state index contributed by atoms with van der Waals surface area (Å²) in [4.78, 5) is -0.0143. The lowest BCUT2D eigenvalue weighted by Gasteiger charge is -2.14. The van der Waals surface area contributed by atoms with Gasteiger partial charge in [0.2, 0.25) is 10.0 Å². The smallest absolute Gasteiger partial charge is 0.229 e. The van der Waals surface area contributed by atoms with Gasteiger partial charge in [-0.15, -0.1) is 0 Å². The van der Waals surface area contributed by atoms with Crippen LogP contribution in [-0.4, -0.2) is 29.3 Å². The van der Waals surface area contributed by atoms with E-state index in [0.717, 1.165) is 23.6 Å². The fraction of sp³-hybridized carbons (Fsp3) is 0.250. The van der Waals surface area contributed by atoms with Gasteiger partial charge in [-0.25, -0.2) is 16.8 Å². The van der Waals surface area contributed by atoms with E-state index in [0.29, 0.717) is 5.02 Å². The molecule has 6 nitrogen and oxygen atoms in total. The second kappa shape index (κ2) is 7.23. The number of benzene rings is 2. The zero-order valence-corrected chi connectivity index (χ0v) is 16.3. The van der Waals surface area contributed by atoms with Crippen molar-refractivity contribution >= 4 is 37.1 Å². The maximum atomic E-state index is 11.7. The molecule has 0 aliphatic carbocycles. The van der Waals surface area contributed by atoms with Gasteiger partial charge in [-0.05, 0) is 31.2 Å². The first-order valence-corrected chi connectivity index (χ1v) is 11.3. The van der Waals surface area contributed by atoms with E-state index >= 15 is 0 Å². The summed E-state index contributed by atoms with van der Waals surface area (Å²) in [5.41, 5.74) is 1.79. The minimum Gasteiger partial charge on any atom is -0.487 e. The van der Waals surface area contributed by atoms with E-state index in [9.17, 15) is 16.8 Å². The zero-order chi connectivity index (χ0) is 18.8. The quantitative estimate of drug-likeness (QED) is 0.800. The lowest BCUT2D eigenvalue weighted by atomic mass is 10.1. The van der Waals surface area contributed by atoms with E-state index < -0.39 is 19.9 Å². The van der Waals surface area contributed by atoms with Crippen LogP contribution in [-0.2, 0) is 26.5 Å². The Balaban J connectivity index is 2.37. The molecule has 0 atom stereocenters. The van der Waals surface area contributed by atoms with Gasteiger partial charge in [-0.1, -0.05) is 29.3 Å². The highest BCUT2D eigenvalue weighted by molar-refractivity contribution is 7.92. The predicted octanol–water partition coefficient (Wildman–Crippen LogP) is 3.00. The Morgan fingerprint density at radius 3 is 2.32 bits per heavy atom. The van der Waals surface area contributed by atoms with Crippen LogP contribution >= 0.6 is 11.6 Å². The Morgan fingerprint density at radius 2 is 1.72 bits per heavy atom. The number of hydrogen-bond donors (Lipinski definition) is 1. The summed E-state index contributed by atoms with van der Waals surface area (Å²) in [5, 5.41) is 0.524. The molecule has 25 heavy (non-hydrogen) atoms. The fourth-order valence-electron chi connectivity index (χ4n) is 2.11. The molecule has 0 aliphatic rings. The highest BCUT2D eigenvalue weighted by Crippen LogP contribution is 2.30. The highest BCUT2D eigenvalue weighted by Gasteiger charge is 2.15. The molecule has 0 heterocycles. The minimum absolute atomic E-state index is 0.0143. The van der Waals surface area contributed by atoms with Crippen molar-refractivity contribution in [3.63, 3.8) is 0 Å². The van der Waals surface area contributed by atoms with Crippen molar-refractivity contribution in [1.29, 1.82) is 0 Å². The molecule has 0 amide bonds. The van der Waals surface area contributed by atoms with Gasteiger partial charge < -0.3 is 4.74 Å². The lowest BCUT2D eigenvalue weighted by molar-refractivity contribution is 0.307. The molecule has 0 spiro atoms. The summed E-state index contributed by atoms with van der Waals surface area (Å²) in [6.45, 7) is 2.02. The van der Waals surface area contributed by atoms with Crippen molar-refractivity contribution in [3.05, 3.63) is 52.5 Å². The van der Waals surface area contributed by atoms with Gasteiger partial charge in [0, 0.05) is 16.8 Å². The highest BCUT2D eigenvalue weighted by atomic mass is 35.5. The number of sulfone groups is 1. The largest absolute Gasteiger partial charge is 0.487 e. The second-order valence-electron chi connectivity index (χ2n) is 5.69. The molecule has 2 aromatic rings. The Hall–Kier alpha value is -1.77. The molecular weight excluding hydrogens is 386 g/mol. The molecule has 2 aromatic carbocycles. The molecule has 2 rings (SSSR count). The predicted molar refractivity (Wildman–Crippen MR) is 98.5 cm³/mol. The van der Waals surface area contributed by atoms with E-state index in [1.807, 2.05) is 19.1 Å². The Labute approximate surface area is 152 Å². The molecular formula is C16H18ClNO5S2. The molecule has 0 aromatic heterocycles. The fourth-order valence-corrected chi connectivity index (χ4v) is 3.49. The van der Waals surface area contributed by atoms with Crippen LogP contribution in [0.5, 0.6) is 5.75 Å². The van der Waals surface area contributed by atoms with Crippen LogP contribution in [0.15, 0.2) is 41.3 Å². The maximum absolute atomic E-state index is 11.7. The summed E-state index contributed by atoms with van der Waals surface area (Å²) < 4.78 is 54.4. The first-order valence-electron chi connectivity index (χ1n) is 7.15. The summed E-state index contributed by atoms with van der Waals surface area (Å²) in [7, 11) is -7.10. The van der Waals surface area contributed by atoms with Crippen LogP contribution in [0.25, 0.3) is 0 Å². The number of nitrogens with one attached hydrogen (secondary N) is 1. The maximum Gasteiger partial charge on any atom is 0.229 e. The molecule has 0 saturated carbocycles. The van der Waals surface area contributed by atoms with E-state index in [1.165, 1.54) is 18.2 Å². The third-order valence-corrected chi connectivity index (χ3v) is 5.33. The van der Waals surface area contributed by atoms with E-state index in [1.54, 1.807) is 6.07 Å². The number of sulfonamides is 1. The van der Waals surface area contributed by atoms with Crippen LogP contribution in [0.2, 0.25) is 5.02 Å². The van der Waals surface area contributed by atoms with E-state index in [-0.39, 0.29) is 22.9 Å². The summed E-state index contributed by atoms with van der Waals surface area (Å²) in [6, 6.07) is 9.46. The van der Waals surface area contributed by atoms with Gasteiger partial charge in [0.1, 0.15) is 12.4 Å². The lowest BCUT2D eigenvalue weighted by Crippen LogP contribution is -2.12. The van der Waals surface area contributed by atoms with E-state index in [4.69, 9.17) is 16.3 Å². The second-order valence-corrected chi connectivity index (χ2v) is 9.86. The molecule has 1 N–H and O–H groups in total. The first kappa shape index (κ1) is 19.6. The van der Waals surface area contributed by atoms with Gasteiger partial charge in [0.25, 0.3) is 0 Å². The van der Waals surface area contributed by atoms with Crippen LogP contribution in [0, 0.1) is 6.92 Å². The first-order chi connectivity index (χ1) is 11.5. The van der Waals surface area contributed by atoms with Crippen molar-refractivity contribution in [3.8, 4) is 5.75 Å². The summed E-state index contributed by atoms with van der Waals surface area (Å²) >= 11 is 6.12. The van der Waals surface area contributed by atoms with Gasteiger partial charge in [0.15, 0.2) is 9.84 Å². The Bertz CT molecular complexity index is 1000.